The molecule has 2 heterocycles. The van der Waals surface area contributed by atoms with E-state index in [2.05, 4.69) is 4.98 Å². The first-order valence-electron chi connectivity index (χ1n) is 8.51. The molecule has 7 nitrogen and oxygen atoms in total. The van der Waals surface area contributed by atoms with Crippen molar-refractivity contribution in [2.75, 3.05) is 11.9 Å². The van der Waals surface area contributed by atoms with E-state index >= 15 is 0 Å². The topological polar surface area (TPSA) is 79.8 Å². The van der Waals surface area contributed by atoms with Crippen molar-refractivity contribution < 1.29 is 19.2 Å². The first-order valence-corrected chi connectivity index (χ1v) is 8.51. The van der Waals surface area contributed by atoms with Gasteiger partial charge in [-0.2, -0.15) is 0 Å². The highest BCUT2D eigenvalue weighted by molar-refractivity contribution is 6.21. The predicted octanol–water partition coefficient (Wildman–Crippen LogP) is 3.22. The standard InChI is InChI=1S/C21H15N3O4/c1-23(15-7-3-2-4-8-15)18-12-11-14(13-22-18)21(27)28-24-19(25)16-9-5-6-10-17(16)20(24)26/h2-13H,1H3. The quantitative estimate of drug-likeness (QED) is 0.654. The molecule has 0 aliphatic carbocycles. The molecule has 0 radical (unpaired) electrons. The van der Waals surface area contributed by atoms with Crippen molar-refractivity contribution in [2.45, 2.75) is 0 Å². The van der Waals surface area contributed by atoms with Crippen LogP contribution in [0.1, 0.15) is 31.1 Å². The van der Waals surface area contributed by atoms with Crippen LogP contribution in [0.25, 0.3) is 0 Å². The van der Waals surface area contributed by atoms with Crippen LogP contribution >= 0.6 is 0 Å². The minimum Gasteiger partial charge on any atom is -0.329 e. The second-order valence-electron chi connectivity index (χ2n) is 6.13. The summed E-state index contributed by atoms with van der Waals surface area (Å²) in [6.45, 7) is 0. The Bertz CT molecular complexity index is 1030. The van der Waals surface area contributed by atoms with E-state index < -0.39 is 17.8 Å². The van der Waals surface area contributed by atoms with Gasteiger partial charge < -0.3 is 9.74 Å². The molecule has 2 aromatic carbocycles. The first-order chi connectivity index (χ1) is 13.6. The number of benzene rings is 2. The monoisotopic (exact) mass is 373 g/mol. The maximum Gasteiger partial charge on any atom is 0.365 e. The number of rotatable bonds is 4. The van der Waals surface area contributed by atoms with Crippen molar-refractivity contribution in [2.24, 2.45) is 0 Å². The maximum atomic E-state index is 12.4. The Labute approximate surface area is 160 Å². The van der Waals surface area contributed by atoms with Crippen molar-refractivity contribution in [3.05, 3.63) is 89.6 Å². The first kappa shape index (κ1) is 17.4. The number of pyridine rings is 1. The van der Waals surface area contributed by atoms with Gasteiger partial charge in [0.15, 0.2) is 0 Å². The number of hydroxylamine groups is 2. The van der Waals surface area contributed by atoms with Crippen LogP contribution in [-0.2, 0) is 4.84 Å². The van der Waals surface area contributed by atoms with Crippen LogP contribution in [0.5, 0.6) is 0 Å². The lowest BCUT2D eigenvalue weighted by molar-refractivity contribution is -0.0584. The Morgan fingerprint density at radius 2 is 1.50 bits per heavy atom. The molecular weight excluding hydrogens is 358 g/mol. The normalized spacial score (nSPS) is 12.7. The number of anilines is 2. The number of nitrogens with zero attached hydrogens (tertiary/aromatic N) is 3. The number of carbonyl (C=O) groups excluding carboxylic acids is 3. The lowest BCUT2D eigenvalue weighted by Crippen LogP contribution is -2.32. The molecule has 4 rings (SSSR count). The van der Waals surface area contributed by atoms with Gasteiger partial charge in [-0.05, 0) is 36.4 Å². The lowest BCUT2D eigenvalue weighted by Gasteiger charge is -2.18. The second kappa shape index (κ2) is 6.96. The molecular formula is C21H15N3O4. The molecule has 3 aromatic rings. The number of para-hydroxylation sites is 1. The van der Waals surface area contributed by atoms with E-state index in [0.29, 0.717) is 10.9 Å². The molecule has 0 spiro atoms. The van der Waals surface area contributed by atoms with E-state index in [0.717, 1.165) is 5.69 Å². The molecule has 0 N–H and O–H groups in total. The summed E-state index contributed by atoms with van der Waals surface area (Å²) < 4.78 is 0. The highest BCUT2D eigenvalue weighted by atomic mass is 16.7. The van der Waals surface area contributed by atoms with Gasteiger partial charge in [-0.3, -0.25) is 9.59 Å². The zero-order valence-electron chi connectivity index (χ0n) is 14.9. The summed E-state index contributed by atoms with van der Waals surface area (Å²) in [5.41, 5.74) is 1.48. The number of carbonyl (C=O) groups is 3. The van der Waals surface area contributed by atoms with Crippen LogP contribution in [0.4, 0.5) is 11.5 Å². The van der Waals surface area contributed by atoms with E-state index in [1.807, 2.05) is 42.3 Å². The molecule has 138 valence electrons. The number of hydrogen-bond donors (Lipinski definition) is 0. The van der Waals surface area contributed by atoms with E-state index in [1.54, 1.807) is 18.2 Å². The molecule has 0 saturated carbocycles. The van der Waals surface area contributed by atoms with Crippen molar-refractivity contribution in [3.63, 3.8) is 0 Å². The Morgan fingerprint density at radius 3 is 2.07 bits per heavy atom. The fraction of sp³-hybridized carbons (Fsp3) is 0.0476. The third-order valence-electron chi connectivity index (χ3n) is 4.40. The molecule has 1 aliphatic rings. The Morgan fingerprint density at radius 1 is 0.893 bits per heavy atom. The van der Waals surface area contributed by atoms with Crippen LogP contribution in [0.2, 0.25) is 0 Å². The van der Waals surface area contributed by atoms with E-state index in [-0.39, 0.29) is 16.7 Å². The van der Waals surface area contributed by atoms with Crippen molar-refractivity contribution in [1.29, 1.82) is 0 Å². The second-order valence-corrected chi connectivity index (χ2v) is 6.13. The third-order valence-corrected chi connectivity index (χ3v) is 4.40. The van der Waals surface area contributed by atoms with Gasteiger partial charge in [0.2, 0.25) is 0 Å². The van der Waals surface area contributed by atoms with E-state index in [1.165, 1.54) is 24.4 Å². The number of imide groups is 1. The molecule has 0 saturated heterocycles. The minimum absolute atomic E-state index is 0.127. The van der Waals surface area contributed by atoms with Gasteiger partial charge in [0.05, 0.1) is 16.7 Å². The fourth-order valence-electron chi connectivity index (χ4n) is 2.87. The van der Waals surface area contributed by atoms with Gasteiger partial charge in [-0.15, -0.1) is 0 Å². The minimum atomic E-state index is -0.837. The maximum absolute atomic E-state index is 12.4. The Balaban J connectivity index is 1.49. The summed E-state index contributed by atoms with van der Waals surface area (Å²) in [6, 6.07) is 19.1. The van der Waals surface area contributed by atoms with Crippen molar-refractivity contribution >= 4 is 29.3 Å². The molecule has 1 aliphatic heterocycles. The summed E-state index contributed by atoms with van der Waals surface area (Å²) in [5.74, 6) is -1.54. The van der Waals surface area contributed by atoms with E-state index in [4.69, 9.17) is 4.84 Å². The Kier molecular flexibility index (Phi) is 4.33. The molecule has 28 heavy (non-hydrogen) atoms. The molecule has 0 bridgehead atoms. The van der Waals surface area contributed by atoms with Gasteiger partial charge in [0.25, 0.3) is 11.8 Å². The summed E-state index contributed by atoms with van der Waals surface area (Å²) in [5, 5.41) is 0.483. The van der Waals surface area contributed by atoms with Gasteiger partial charge in [0, 0.05) is 18.9 Å². The SMILES string of the molecule is CN(c1ccccc1)c1ccc(C(=O)ON2C(=O)c3ccccc3C2=O)cn1. The summed E-state index contributed by atoms with van der Waals surface area (Å²) in [7, 11) is 1.86. The van der Waals surface area contributed by atoms with Crippen LogP contribution in [0, 0.1) is 0 Å². The van der Waals surface area contributed by atoms with Gasteiger partial charge in [-0.25, -0.2) is 9.78 Å². The molecule has 0 fully saturated rings. The average Bonchev–Trinajstić information content (AvgIpc) is 2.99. The summed E-state index contributed by atoms with van der Waals surface area (Å²) in [6.07, 6.45) is 1.34. The largest absolute Gasteiger partial charge is 0.365 e. The highest BCUT2D eigenvalue weighted by Gasteiger charge is 2.38. The van der Waals surface area contributed by atoms with Gasteiger partial charge in [0.1, 0.15) is 5.82 Å². The molecule has 7 heteroatoms. The van der Waals surface area contributed by atoms with Crippen LogP contribution < -0.4 is 4.90 Å². The molecule has 2 amide bonds. The van der Waals surface area contributed by atoms with Crippen LogP contribution in [0.15, 0.2) is 72.9 Å². The number of fused-ring (bicyclic) bond motifs is 1. The van der Waals surface area contributed by atoms with Gasteiger partial charge in [-0.1, -0.05) is 35.4 Å². The van der Waals surface area contributed by atoms with Gasteiger partial charge >= 0.3 is 5.97 Å². The summed E-state index contributed by atoms with van der Waals surface area (Å²) >= 11 is 0. The van der Waals surface area contributed by atoms with Crippen LogP contribution in [0.3, 0.4) is 0 Å². The smallest absolute Gasteiger partial charge is 0.329 e. The molecule has 1 aromatic heterocycles. The zero-order valence-corrected chi connectivity index (χ0v) is 14.9. The molecule has 0 atom stereocenters. The van der Waals surface area contributed by atoms with Crippen LogP contribution in [-0.4, -0.2) is 34.9 Å². The zero-order chi connectivity index (χ0) is 19.7. The third kappa shape index (κ3) is 2.99. The number of hydrogen-bond acceptors (Lipinski definition) is 6. The number of aromatic nitrogens is 1. The Hall–Kier alpha value is -4.00. The summed E-state index contributed by atoms with van der Waals surface area (Å²) in [4.78, 5) is 48.1. The average molecular weight is 373 g/mol. The van der Waals surface area contributed by atoms with Crippen molar-refractivity contribution in [3.8, 4) is 0 Å². The lowest BCUT2D eigenvalue weighted by atomic mass is 10.1. The fourth-order valence-corrected chi connectivity index (χ4v) is 2.87. The van der Waals surface area contributed by atoms with E-state index in [9.17, 15) is 14.4 Å². The number of amides is 2. The predicted molar refractivity (Wildman–Crippen MR) is 101 cm³/mol. The highest BCUT2D eigenvalue weighted by Crippen LogP contribution is 2.24. The molecule has 0 unspecified atom stereocenters. The van der Waals surface area contributed by atoms with Crippen molar-refractivity contribution in [1.82, 2.24) is 10.0 Å².